The molecule has 0 saturated carbocycles. The summed E-state index contributed by atoms with van der Waals surface area (Å²) >= 11 is 0. The van der Waals surface area contributed by atoms with Crippen LogP contribution in [-0.2, 0) is 21.4 Å². The van der Waals surface area contributed by atoms with Gasteiger partial charge in [-0.05, 0) is 36.8 Å². The van der Waals surface area contributed by atoms with Crippen molar-refractivity contribution in [3.8, 4) is 0 Å². The van der Waals surface area contributed by atoms with Gasteiger partial charge in [-0.2, -0.15) is 4.31 Å². The van der Waals surface area contributed by atoms with Crippen molar-refractivity contribution in [3.05, 3.63) is 78.4 Å². The molecule has 0 aliphatic rings. The second kappa shape index (κ2) is 8.17. The van der Waals surface area contributed by atoms with Crippen LogP contribution in [0.2, 0.25) is 0 Å². The Bertz CT molecular complexity index is 1360. The third-order valence-electron chi connectivity index (χ3n) is 5.61. The number of hydrogen-bond donors (Lipinski definition) is 1. The van der Waals surface area contributed by atoms with Gasteiger partial charge in [-0.15, -0.1) is 0 Å². The molecule has 1 aromatic heterocycles. The number of hydrogen-bond acceptors (Lipinski definition) is 3. The largest absolute Gasteiger partial charge is 0.341 e. The van der Waals surface area contributed by atoms with Crippen LogP contribution in [0, 0.1) is 0 Å². The van der Waals surface area contributed by atoms with Gasteiger partial charge < -0.3 is 9.88 Å². The number of carbonyl (C=O) groups is 1. The lowest BCUT2D eigenvalue weighted by Crippen LogP contribution is -2.38. The van der Waals surface area contributed by atoms with E-state index in [4.69, 9.17) is 0 Å². The predicted octanol–water partition coefficient (Wildman–Crippen LogP) is 4.39. The number of sulfonamides is 1. The molecular weight excluding hydrogens is 410 g/mol. The molecule has 31 heavy (non-hydrogen) atoms. The highest BCUT2D eigenvalue weighted by molar-refractivity contribution is 7.88. The van der Waals surface area contributed by atoms with Gasteiger partial charge in [-0.25, -0.2) is 8.42 Å². The SMILES string of the molecule is CCn1c2ccccc2c2cc(NC(=O)[C@@H](c3ccccc3)N(C)S(C)(=O)=O)ccc21. The molecule has 7 heteroatoms. The van der Waals surface area contributed by atoms with Crippen LogP contribution in [0.1, 0.15) is 18.5 Å². The first-order chi connectivity index (χ1) is 14.8. The quantitative estimate of drug-likeness (QED) is 0.488. The molecule has 4 rings (SSSR count). The number of nitrogens with zero attached hydrogens (tertiary/aromatic N) is 2. The van der Waals surface area contributed by atoms with E-state index >= 15 is 0 Å². The molecule has 0 fully saturated rings. The monoisotopic (exact) mass is 435 g/mol. The van der Waals surface area contributed by atoms with Gasteiger partial charge in [0.1, 0.15) is 6.04 Å². The molecule has 1 atom stereocenters. The lowest BCUT2D eigenvalue weighted by molar-refractivity contribution is -0.119. The molecule has 0 aliphatic carbocycles. The van der Waals surface area contributed by atoms with Crippen LogP contribution >= 0.6 is 0 Å². The summed E-state index contributed by atoms with van der Waals surface area (Å²) in [5, 5.41) is 5.08. The highest BCUT2D eigenvalue weighted by atomic mass is 32.2. The van der Waals surface area contributed by atoms with E-state index in [2.05, 4.69) is 28.9 Å². The van der Waals surface area contributed by atoms with Crippen LogP contribution in [0.4, 0.5) is 5.69 Å². The summed E-state index contributed by atoms with van der Waals surface area (Å²) in [6.45, 7) is 2.94. The fraction of sp³-hybridized carbons (Fsp3) is 0.208. The second-order valence-electron chi connectivity index (χ2n) is 7.58. The fourth-order valence-corrected chi connectivity index (χ4v) is 4.64. The number of aryl methyl sites for hydroxylation is 1. The van der Waals surface area contributed by atoms with E-state index < -0.39 is 22.0 Å². The molecule has 4 aromatic rings. The molecule has 1 amide bonds. The average Bonchev–Trinajstić information content (AvgIpc) is 3.07. The Labute approximate surface area is 182 Å². The van der Waals surface area contributed by atoms with Gasteiger partial charge in [0.15, 0.2) is 0 Å². The first-order valence-corrected chi connectivity index (χ1v) is 12.0. The van der Waals surface area contributed by atoms with Gasteiger partial charge in [0.25, 0.3) is 0 Å². The van der Waals surface area contributed by atoms with Crippen LogP contribution in [0.25, 0.3) is 21.8 Å². The highest BCUT2D eigenvalue weighted by Crippen LogP contribution is 2.31. The van der Waals surface area contributed by atoms with Gasteiger partial charge >= 0.3 is 0 Å². The van der Waals surface area contributed by atoms with E-state index in [1.165, 1.54) is 7.05 Å². The van der Waals surface area contributed by atoms with Crippen molar-refractivity contribution in [2.45, 2.75) is 19.5 Å². The van der Waals surface area contributed by atoms with Gasteiger partial charge in [-0.3, -0.25) is 4.79 Å². The molecule has 0 unspecified atom stereocenters. The summed E-state index contributed by atoms with van der Waals surface area (Å²) in [5.74, 6) is -0.405. The minimum absolute atomic E-state index is 0.405. The van der Waals surface area contributed by atoms with Crippen molar-refractivity contribution in [2.24, 2.45) is 0 Å². The summed E-state index contributed by atoms with van der Waals surface area (Å²) in [7, 11) is -2.16. The topological polar surface area (TPSA) is 71.4 Å². The van der Waals surface area contributed by atoms with Crippen molar-refractivity contribution in [1.82, 2.24) is 8.87 Å². The Morgan fingerprint density at radius 3 is 2.29 bits per heavy atom. The van der Waals surface area contributed by atoms with Crippen molar-refractivity contribution in [3.63, 3.8) is 0 Å². The van der Waals surface area contributed by atoms with Crippen molar-refractivity contribution in [1.29, 1.82) is 0 Å². The van der Waals surface area contributed by atoms with Crippen LogP contribution in [-0.4, -0.2) is 36.5 Å². The Balaban J connectivity index is 1.74. The van der Waals surface area contributed by atoms with E-state index in [9.17, 15) is 13.2 Å². The lowest BCUT2D eigenvalue weighted by Gasteiger charge is -2.25. The molecule has 1 N–H and O–H groups in total. The molecule has 1 heterocycles. The first-order valence-electron chi connectivity index (χ1n) is 10.1. The molecule has 0 radical (unpaired) electrons. The van der Waals surface area contributed by atoms with Crippen molar-refractivity contribution < 1.29 is 13.2 Å². The summed E-state index contributed by atoms with van der Waals surface area (Å²) in [6.07, 6.45) is 1.10. The average molecular weight is 436 g/mol. The molecule has 0 saturated heterocycles. The van der Waals surface area contributed by atoms with Crippen LogP contribution in [0.15, 0.2) is 72.8 Å². The summed E-state index contributed by atoms with van der Waals surface area (Å²) in [5.41, 5.74) is 3.47. The van der Waals surface area contributed by atoms with Gasteiger partial charge in [0.05, 0.1) is 6.26 Å². The maximum atomic E-state index is 13.2. The highest BCUT2D eigenvalue weighted by Gasteiger charge is 2.30. The zero-order valence-electron chi connectivity index (χ0n) is 17.7. The number of para-hydroxylation sites is 1. The standard InChI is InChI=1S/C24H25N3O3S/c1-4-27-21-13-9-8-12-19(21)20-16-18(14-15-22(20)27)25-24(28)23(26(2)31(3,29)30)17-10-6-5-7-11-17/h5-16,23H,4H2,1-3H3,(H,25,28)/t23-/m1/s1. The summed E-state index contributed by atoms with van der Waals surface area (Å²) in [4.78, 5) is 13.2. The third kappa shape index (κ3) is 3.94. The number of rotatable bonds is 6. The van der Waals surface area contributed by atoms with E-state index in [1.54, 1.807) is 24.3 Å². The molecule has 0 aliphatic heterocycles. The van der Waals surface area contributed by atoms with Crippen LogP contribution in [0.5, 0.6) is 0 Å². The molecule has 6 nitrogen and oxygen atoms in total. The van der Waals surface area contributed by atoms with E-state index in [-0.39, 0.29) is 0 Å². The Kier molecular flexibility index (Phi) is 5.56. The zero-order chi connectivity index (χ0) is 22.2. The summed E-state index contributed by atoms with van der Waals surface area (Å²) < 4.78 is 27.7. The number of carbonyl (C=O) groups excluding carboxylic acids is 1. The minimum atomic E-state index is -3.58. The number of nitrogens with one attached hydrogen (secondary N) is 1. The number of aromatic nitrogens is 1. The van der Waals surface area contributed by atoms with Crippen molar-refractivity contribution >= 4 is 43.4 Å². The maximum Gasteiger partial charge on any atom is 0.247 e. The Hall–Kier alpha value is -3.16. The third-order valence-corrected chi connectivity index (χ3v) is 6.86. The second-order valence-corrected chi connectivity index (χ2v) is 9.62. The van der Waals surface area contributed by atoms with E-state index in [0.717, 1.165) is 38.9 Å². The maximum absolute atomic E-state index is 13.2. The van der Waals surface area contributed by atoms with E-state index in [1.807, 2.05) is 36.4 Å². The van der Waals surface area contributed by atoms with Gasteiger partial charge in [0.2, 0.25) is 15.9 Å². The van der Waals surface area contributed by atoms with Gasteiger partial charge in [0, 0.05) is 41.1 Å². The number of fused-ring (bicyclic) bond motifs is 3. The number of anilines is 1. The summed E-state index contributed by atoms with van der Waals surface area (Å²) in [6, 6.07) is 21.9. The molecular formula is C24H25N3O3S. The Morgan fingerprint density at radius 1 is 0.968 bits per heavy atom. The molecule has 0 bridgehead atoms. The zero-order valence-corrected chi connectivity index (χ0v) is 18.6. The lowest BCUT2D eigenvalue weighted by atomic mass is 10.1. The van der Waals surface area contributed by atoms with Crippen LogP contribution < -0.4 is 5.32 Å². The number of amides is 1. The fourth-order valence-electron chi connectivity index (χ4n) is 4.04. The van der Waals surface area contributed by atoms with E-state index in [0.29, 0.717) is 11.3 Å². The van der Waals surface area contributed by atoms with Gasteiger partial charge in [-0.1, -0.05) is 48.5 Å². The number of benzene rings is 3. The van der Waals surface area contributed by atoms with Crippen LogP contribution in [0.3, 0.4) is 0 Å². The van der Waals surface area contributed by atoms with Crippen molar-refractivity contribution in [2.75, 3.05) is 18.6 Å². The normalized spacial score (nSPS) is 13.0. The Morgan fingerprint density at radius 2 is 1.61 bits per heavy atom. The predicted molar refractivity (Wildman–Crippen MR) is 126 cm³/mol. The smallest absolute Gasteiger partial charge is 0.247 e. The molecule has 3 aromatic carbocycles. The number of likely N-dealkylation sites (N-methyl/N-ethyl adjacent to an activating group) is 1. The molecule has 160 valence electrons. The first kappa shape index (κ1) is 21.1. The molecule has 0 spiro atoms. The minimum Gasteiger partial charge on any atom is -0.341 e.